The molecule has 0 amide bonds. The van der Waals surface area contributed by atoms with E-state index in [1.54, 1.807) is 12.1 Å². The zero-order chi connectivity index (χ0) is 10.8. The van der Waals surface area contributed by atoms with Crippen molar-refractivity contribution in [3.05, 3.63) is 46.6 Å². The Bertz CT molecular complexity index is 536. The van der Waals surface area contributed by atoms with Crippen LogP contribution in [0.15, 0.2) is 35.3 Å². The Kier molecular flexibility index (Phi) is 2.66. The minimum atomic E-state index is -0.330. The molecule has 5 heteroatoms. The van der Waals surface area contributed by atoms with Crippen LogP contribution in [0.1, 0.15) is 0 Å². The molecule has 75 valence electrons. The molecule has 3 nitrogen and oxygen atoms in total. The van der Waals surface area contributed by atoms with Crippen molar-refractivity contribution in [1.29, 1.82) is 0 Å². The summed E-state index contributed by atoms with van der Waals surface area (Å²) in [6.07, 6.45) is 1.46. The molecule has 0 bridgehead atoms. The number of halogens is 1. The van der Waals surface area contributed by atoms with Crippen molar-refractivity contribution in [2.24, 2.45) is 0 Å². The fourth-order valence-corrected chi connectivity index (χ4v) is 1.52. The van der Waals surface area contributed by atoms with Crippen molar-refractivity contribution in [3.63, 3.8) is 0 Å². The van der Waals surface area contributed by atoms with Gasteiger partial charge >= 0.3 is 92.9 Å². The van der Waals surface area contributed by atoms with E-state index in [1.807, 2.05) is 0 Å². The van der Waals surface area contributed by atoms with Crippen LogP contribution in [0.2, 0.25) is 0 Å². The number of hydrogen-bond donors (Lipinski definition) is 1. The minimum absolute atomic E-state index is 0.245. The van der Waals surface area contributed by atoms with Crippen LogP contribution in [0.4, 0.5) is 4.39 Å². The molecule has 0 aliphatic heterocycles. The molecule has 2 rings (SSSR count). The van der Waals surface area contributed by atoms with Crippen molar-refractivity contribution >= 4 is 20.7 Å². The van der Waals surface area contributed by atoms with Crippen LogP contribution in [-0.4, -0.2) is 26.0 Å². The summed E-state index contributed by atoms with van der Waals surface area (Å²) in [6.45, 7) is 0. The van der Waals surface area contributed by atoms with Gasteiger partial charge in [0.25, 0.3) is 0 Å². The van der Waals surface area contributed by atoms with Gasteiger partial charge in [-0.15, -0.1) is 0 Å². The van der Waals surface area contributed by atoms with Crippen LogP contribution in [0.5, 0.6) is 0 Å². The SMILES string of the molecule is O=c1[nH]c([Se])ncc1-c1ccc(F)cc1. The average Bonchev–Trinajstić information content (AvgIpc) is 2.20. The van der Waals surface area contributed by atoms with E-state index >= 15 is 0 Å². The second-order valence-electron chi connectivity index (χ2n) is 2.94. The number of hydrogen-bond acceptors (Lipinski definition) is 2. The number of aromatic amines is 1. The van der Waals surface area contributed by atoms with E-state index in [-0.39, 0.29) is 11.4 Å². The molecule has 1 radical (unpaired) electrons. The third-order valence-corrected chi connectivity index (χ3v) is 2.37. The van der Waals surface area contributed by atoms with Crippen LogP contribution in [0.3, 0.4) is 0 Å². The van der Waals surface area contributed by atoms with Crippen LogP contribution in [-0.2, 0) is 0 Å². The second-order valence-corrected chi connectivity index (χ2v) is 3.75. The molecule has 0 saturated heterocycles. The zero-order valence-corrected chi connectivity index (χ0v) is 9.24. The molecule has 0 fully saturated rings. The third-order valence-electron chi connectivity index (χ3n) is 1.93. The third kappa shape index (κ3) is 2.14. The first-order chi connectivity index (χ1) is 7.16. The Labute approximate surface area is 93.2 Å². The summed E-state index contributed by atoms with van der Waals surface area (Å²) < 4.78 is 13.1. The molecule has 0 atom stereocenters. The molecule has 0 saturated carbocycles. The molecule has 15 heavy (non-hydrogen) atoms. The first-order valence-electron chi connectivity index (χ1n) is 4.19. The number of H-pyrrole nitrogens is 1. The number of benzene rings is 1. The number of nitrogens with zero attached hydrogens (tertiary/aromatic N) is 1. The van der Waals surface area contributed by atoms with Gasteiger partial charge in [0.2, 0.25) is 0 Å². The van der Waals surface area contributed by atoms with Crippen molar-refractivity contribution < 1.29 is 4.39 Å². The summed E-state index contributed by atoms with van der Waals surface area (Å²) in [5.41, 5.74) is 0.824. The molecule has 0 spiro atoms. The molecule has 2 aromatic rings. The van der Waals surface area contributed by atoms with Crippen molar-refractivity contribution in [1.82, 2.24) is 9.97 Å². The molecule has 1 heterocycles. The van der Waals surface area contributed by atoms with Gasteiger partial charge in [-0.3, -0.25) is 0 Å². The molecule has 1 aromatic heterocycles. The maximum absolute atomic E-state index is 12.7. The number of rotatable bonds is 1. The van der Waals surface area contributed by atoms with E-state index in [4.69, 9.17) is 0 Å². The van der Waals surface area contributed by atoms with Gasteiger partial charge in [0.15, 0.2) is 0 Å². The normalized spacial score (nSPS) is 10.2. The average molecular weight is 268 g/mol. The summed E-state index contributed by atoms with van der Waals surface area (Å²) >= 11 is 2.60. The van der Waals surface area contributed by atoms with E-state index in [2.05, 4.69) is 26.0 Å². The van der Waals surface area contributed by atoms with E-state index in [0.29, 0.717) is 15.8 Å². The fraction of sp³-hybridized carbons (Fsp3) is 0. The quantitative estimate of drug-likeness (QED) is 0.759. The van der Waals surface area contributed by atoms with Gasteiger partial charge in [0.05, 0.1) is 0 Å². The van der Waals surface area contributed by atoms with E-state index in [1.165, 1.54) is 18.3 Å². The van der Waals surface area contributed by atoms with Crippen LogP contribution in [0, 0.1) is 5.82 Å². The van der Waals surface area contributed by atoms with E-state index < -0.39 is 0 Å². The van der Waals surface area contributed by atoms with Gasteiger partial charge in [-0.25, -0.2) is 0 Å². The molecule has 0 aliphatic carbocycles. The summed E-state index contributed by atoms with van der Waals surface area (Å²) in [7, 11) is 0. The van der Waals surface area contributed by atoms with Crippen molar-refractivity contribution in [2.45, 2.75) is 0 Å². The fourth-order valence-electron chi connectivity index (χ4n) is 1.21. The molecular formula is C10H6FN2OSe. The Hall–Kier alpha value is -1.45. The summed E-state index contributed by atoms with van der Waals surface area (Å²) in [5.74, 6) is -0.330. The predicted molar refractivity (Wildman–Crippen MR) is 55.6 cm³/mol. The molecule has 0 aliphatic rings. The predicted octanol–water partition coefficient (Wildman–Crippen LogP) is 0.370. The molecular weight excluding hydrogens is 262 g/mol. The van der Waals surface area contributed by atoms with Gasteiger partial charge in [-0.2, -0.15) is 0 Å². The Morgan fingerprint density at radius 1 is 1.27 bits per heavy atom. The van der Waals surface area contributed by atoms with Gasteiger partial charge < -0.3 is 0 Å². The second kappa shape index (κ2) is 3.96. The van der Waals surface area contributed by atoms with Gasteiger partial charge in [-0.05, 0) is 0 Å². The standard InChI is InChI=1S/C10H6FN2OSe/c11-7-3-1-6(2-4-7)8-5-12-10(15)13-9(8)14/h1-5H,(H,12,13,14). The van der Waals surface area contributed by atoms with Gasteiger partial charge in [0, 0.05) is 0 Å². The number of aromatic nitrogens is 2. The summed E-state index contributed by atoms with van der Waals surface area (Å²) in [5, 5.41) is 0. The van der Waals surface area contributed by atoms with E-state index in [9.17, 15) is 9.18 Å². The molecule has 0 unspecified atom stereocenters. The Morgan fingerprint density at radius 2 is 1.93 bits per heavy atom. The van der Waals surface area contributed by atoms with Crippen molar-refractivity contribution in [3.8, 4) is 11.1 Å². The first kappa shape index (κ1) is 10.1. The summed E-state index contributed by atoms with van der Waals surface area (Å²) in [6, 6.07) is 5.70. The van der Waals surface area contributed by atoms with Crippen molar-refractivity contribution in [2.75, 3.05) is 0 Å². The van der Waals surface area contributed by atoms with Crippen LogP contribution in [0.25, 0.3) is 11.1 Å². The van der Waals surface area contributed by atoms with E-state index in [0.717, 1.165) is 0 Å². The Balaban J connectivity index is 2.55. The maximum atomic E-state index is 12.7. The monoisotopic (exact) mass is 269 g/mol. The summed E-state index contributed by atoms with van der Waals surface area (Å²) in [4.78, 5) is 18.0. The van der Waals surface area contributed by atoms with Crippen LogP contribution >= 0.6 is 0 Å². The molecule has 1 N–H and O–H groups in total. The number of nitrogens with one attached hydrogen (secondary N) is 1. The van der Waals surface area contributed by atoms with Gasteiger partial charge in [-0.1, -0.05) is 0 Å². The first-order valence-corrected chi connectivity index (χ1v) is 5.05. The molecule has 1 aromatic carbocycles. The van der Waals surface area contributed by atoms with Gasteiger partial charge in [0.1, 0.15) is 0 Å². The van der Waals surface area contributed by atoms with Crippen LogP contribution < -0.4 is 10.3 Å². The zero-order valence-electron chi connectivity index (χ0n) is 7.53. The topological polar surface area (TPSA) is 45.8 Å². The Morgan fingerprint density at radius 3 is 2.53 bits per heavy atom.